The van der Waals surface area contributed by atoms with Crippen molar-refractivity contribution in [2.75, 3.05) is 18.3 Å². The van der Waals surface area contributed by atoms with Crippen molar-refractivity contribution in [2.45, 2.75) is 5.03 Å². The Kier molecular flexibility index (Phi) is 3.50. The number of carbonyl (C=O) groups excluding carboxylic acids is 3. The second kappa shape index (κ2) is 5.34. The van der Waals surface area contributed by atoms with E-state index < -0.39 is 17.8 Å². The quantitative estimate of drug-likeness (QED) is 0.534. The Labute approximate surface area is 130 Å². The van der Waals surface area contributed by atoms with Crippen LogP contribution in [0.15, 0.2) is 35.4 Å². The highest BCUT2D eigenvalue weighted by molar-refractivity contribution is 7.98. The number of aromatic amines is 1. The second-order valence-electron chi connectivity index (χ2n) is 4.56. The highest BCUT2D eigenvalue weighted by atomic mass is 32.2. The number of hydrogen-bond donors (Lipinski definition) is 1. The molecule has 2 amide bonds. The van der Waals surface area contributed by atoms with Gasteiger partial charge in [-0.05, 0) is 18.4 Å². The van der Waals surface area contributed by atoms with Crippen LogP contribution in [0.4, 0.5) is 5.69 Å². The molecule has 0 bridgehead atoms. The molecule has 22 heavy (non-hydrogen) atoms. The van der Waals surface area contributed by atoms with Crippen LogP contribution in [-0.4, -0.2) is 36.1 Å². The lowest BCUT2D eigenvalue weighted by Gasteiger charge is -2.14. The first-order valence-corrected chi connectivity index (χ1v) is 7.64. The fourth-order valence-electron chi connectivity index (χ4n) is 2.43. The van der Waals surface area contributed by atoms with Gasteiger partial charge in [-0.3, -0.25) is 9.59 Å². The predicted octanol–water partition coefficient (Wildman–Crippen LogP) is 2.32. The topological polar surface area (TPSA) is 79.5 Å². The number of esters is 1. The first-order chi connectivity index (χ1) is 10.6. The molecule has 0 atom stereocenters. The number of ether oxygens (including phenoxy) is 1. The zero-order valence-corrected chi connectivity index (χ0v) is 12.7. The summed E-state index contributed by atoms with van der Waals surface area (Å²) in [5, 5.41) is 0.479. The third kappa shape index (κ3) is 1.93. The summed E-state index contributed by atoms with van der Waals surface area (Å²) in [4.78, 5) is 41.0. The van der Waals surface area contributed by atoms with E-state index in [4.69, 9.17) is 0 Å². The molecule has 112 valence electrons. The smallest absolute Gasteiger partial charge is 0.355 e. The number of thioether (sulfide) groups is 1. The maximum absolute atomic E-state index is 12.6. The van der Waals surface area contributed by atoms with Crippen LogP contribution in [0.2, 0.25) is 0 Å². The molecule has 0 fully saturated rings. The largest absolute Gasteiger partial charge is 0.464 e. The van der Waals surface area contributed by atoms with E-state index in [-0.39, 0.29) is 16.8 Å². The zero-order valence-electron chi connectivity index (χ0n) is 11.9. The minimum absolute atomic E-state index is 0.0126. The first-order valence-electron chi connectivity index (χ1n) is 6.42. The number of rotatable bonds is 3. The summed E-state index contributed by atoms with van der Waals surface area (Å²) in [6.07, 6.45) is 1.76. The van der Waals surface area contributed by atoms with Crippen molar-refractivity contribution in [3.8, 4) is 0 Å². The molecule has 2 aromatic rings. The number of amides is 2. The number of nitrogens with zero attached hydrogens (tertiary/aromatic N) is 1. The van der Waals surface area contributed by atoms with Gasteiger partial charge in [0.15, 0.2) is 0 Å². The molecule has 0 spiro atoms. The van der Waals surface area contributed by atoms with E-state index in [1.54, 1.807) is 36.6 Å². The summed E-state index contributed by atoms with van der Waals surface area (Å²) in [6.45, 7) is 0. The highest BCUT2D eigenvalue weighted by Gasteiger charge is 2.43. The summed E-state index contributed by atoms with van der Waals surface area (Å²) in [6, 6.07) is 8.61. The SMILES string of the molecule is COC(=O)c1[nH]c(SC)c2c1C(=O)N(c1ccccc1)C2=O. The number of carbonyl (C=O) groups is 3. The van der Waals surface area contributed by atoms with Gasteiger partial charge in [-0.1, -0.05) is 18.2 Å². The van der Waals surface area contributed by atoms with Gasteiger partial charge in [0, 0.05) is 0 Å². The third-order valence-electron chi connectivity index (χ3n) is 3.41. The maximum Gasteiger partial charge on any atom is 0.355 e. The van der Waals surface area contributed by atoms with E-state index >= 15 is 0 Å². The Morgan fingerprint density at radius 3 is 2.36 bits per heavy atom. The molecular formula is C15H12N2O4S. The van der Waals surface area contributed by atoms with Crippen molar-refractivity contribution in [1.29, 1.82) is 0 Å². The monoisotopic (exact) mass is 316 g/mol. The van der Waals surface area contributed by atoms with Crippen molar-refractivity contribution >= 4 is 35.2 Å². The molecule has 1 aliphatic rings. The Hall–Kier alpha value is -2.54. The molecule has 0 radical (unpaired) electrons. The number of methoxy groups -OCH3 is 1. The minimum Gasteiger partial charge on any atom is -0.464 e. The van der Waals surface area contributed by atoms with Gasteiger partial charge in [-0.25, -0.2) is 9.69 Å². The molecule has 0 saturated carbocycles. The molecule has 1 aliphatic heterocycles. The Bertz CT molecular complexity index is 782. The van der Waals surface area contributed by atoms with E-state index in [2.05, 4.69) is 9.72 Å². The predicted molar refractivity (Wildman–Crippen MR) is 81.5 cm³/mol. The van der Waals surface area contributed by atoms with Crippen molar-refractivity contribution in [3.63, 3.8) is 0 Å². The number of imide groups is 1. The normalized spacial score (nSPS) is 13.5. The Morgan fingerprint density at radius 1 is 1.14 bits per heavy atom. The van der Waals surface area contributed by atoms with Crippen LogP contribution in [0.3, 0.4) is 0 Å². The molecule has 2 heterocycles. The van der Waals surface area contributed by atoms with Gasteiger partial charge in [-0.2, -0.15) is 0 Å². The van der Waals surface area contributed by atoms with Crippen molar-refractivity contribution in [3.05, 3.63) is 47.2 Å². The number of hydrogen-bond acceptors (Lipinski definition) is 5. The van der Waals surface area contributed by atoms with Crippen LogP contribution >= 0.6 is 11.8 Å². The van der Waals surface area contributed by atoms with Gasteiger partial charge in [0.2, 0.25) is 0 Å². The average molecular weight is 316 g/mol. The zero-order chi connectivity index (χ0) is 15.9. The number of H-pyrrole nitrogens is 1. The van der Waals surface area contributed by atoms with E-state index in [9.17, 15) is 14.4 Å². The minimum atomic E-state index is -0.674. The number of benzene rings is 1. The molecule has 0 aliphatic carbocycles. The van der Waals surface area contributed by atoms with Crippen molar-refractivity contribution in [1.82, 2.24) is 4.98 Å². The van der Waals surface area contributed by atoms with Crippen LogP contribution in [0.25, 0.3) is 0 Å². The van der Waals surface area contributed by atoms with Gasteiger partial charge < -0.3 is 9.72 Å². The molecule has 3 rings (SSSR count). The summed E-state index contributed by atoms with van der Waals surface area (Å²) >= 11 is 1.26. The Balaban J connectivity index is 2.17. The summed E-state index contributed by atoms with van der Waals surface area (Å²) in [7, 11) is 1.23. The molecule has 1 aromatic carbocycles. The summed E-state index contributed by atoms with van der Waals surface area (Å²) in [5.41, 5.74) is 0.780. The van der Waals surface area contributed by atoms with Crippen molar-refractivity contribution < 1.29 is 19.1 Å². The lowest BCUT2D eigenvalue weighted by Crippen LogP contribution is -2.30. The summed E-state index contributed by atoms with van der Waals surface area (Å²) < 4.78 is 4.68. The van der Waals surface area contributed by atoms with Crippen LogP contribution in [-0.2, 0) is 4.74 Å². The maximum atomic E-state index is 12.6. The first kappa shape index (κ1) is 14.4. The molecule has 6 nitrogen and oxygen atoms in total. The highest BCUT2D eigenvalue weighted by Crippen LogP contribution is 2.36. The van der Waals surface area contributed by atoms with E-state index in [0.717, 1.165) is 4.90 Å². The van der Waals surface area contributed by atoms with Crippen LogP contribution in [0, 0.1) is 0 Å². The third-order valence-corrected chi connectivity index (χ3v) is 4.12. The molecule has 0 saturated heterocycles. The summed E-state index contributed by atoms with van der Waals surface area (Å²) in [5.74, 6) is -1.64. The fraction of sp³-hybridized carbons (Fsp3) is 0.133. The van der Waals surface area contributed by atoms with Crippen LogP contribution in [0.1, 0.15) is 31.2 Å². The Morgan fingerprint density at radius 2 is 1.77 bits per heavy atom. The molecule has 7 heteroatoms. The standard InChI is InChI=1S/C15H12N2O4S/c1-21-15(20)11-9-10(12(16-11)22-2)14(19)17(13(9)18)8-6-4-3-5-7-8/h3-7,16H,1-2H3. The van der Waals surface area contributed by atoms with Gasteiger partial charge in [0.1, 0.15) is 5.69 Å². The van der Waals surface area contributed by atoms with Gasteiger partial charge in [0.05, 0.1) is 29.0 Å². The van der Waals surface area contributed by atoms with Crippen LogP contribution < -0.4 is 4.90 Å². The fourth-order valence-corrected chi connectivity index (χ4v) is 3.03. The van der Waals surface area contributed by atoms with Crippen molar-refractivity contribution in [2.24, 2.45) is 0 Å². The molecule has 1 N–H and O–H groups in total. The lowest BCUT2D eigenvalue weighted by atomic mass is 10.2. The van der Waals surface area contributed by atoms with Crippen LogP contribution in [0.5, 0.6) is 0 Å². The molecule has 1 aromatic heterocycles. The number of fused-ring (bicyclic) bond motifs is 1. The molecular weight excluding hydrogens is 304 g/mol. The van der Waals surface area contributed by atoms with Gasteiger partial charge >= 0.3 is 5.97 Å². The number of anilines is 1. The van der Waals surface area contributed by atoms with E-state index in [1.807, 2.05) is 0 Å². The lowest BCUT2D eigenvalue weighted by molar-refractivity contribution is 0.0590. The van der Waals surface area contributed by atoms with E-state index in [1.165, 1.54) is 18.9 Å². The number of aromatic nitrogens is 1. The molecule has 0 unspecified atom stereocenters. The van der Waals surface area contributed by atoms with E-state index in [0.29, 0.717) is 10.7 Å². The average Bonchev–Trinajstić information content (AvgIpc) is 3.05. The van der Waals surface area contributed by atoms with Gasteiger partial charge in [-0.15, -0.1) is 11.8 Å². The number of nitrogens with one attached hydrogen (secondary N) is 1. The number of para-hydroxylation sites is 1. The van der Waals surface area contributed by atoms with Gasteiger partial charge in [0.25, 0.3) is 11.8 Å². The second-order valence-corrected chi connectivity index (χ2v) is 5.37.